The zero-order valence-corrected chi connectivity index (χ0v) is 9.30. The molecule has 1 heterocycles. The first-order valence-electron chi connectivity index (χ1n) is 5.43. The summed E-state index contributed by atoms with van der Waals surface area (Å²) in [6, 6.07) is 9.73. The number of hydrogen-bond donors (Lipinski definition) is 1. The molecule has 1 fully saturated rings. The summed E-state index contributed by atoms with van der Waals surface area (Å²) in [6.07, 6.45) is -0.432. The van der Waals surface area contributed by atoms with Gasteiger partial charge in [-0.2, -0.15) is 0 Å². The number of nitrogens with zero attached hydrogens (tertiary/aromatic N) is 1. The van der Waals surface area contributed by atoms with Gasteiger partial charge in [0.25, 0.3) is 0 Å². The molecule has 2 rings (SSSR count). The molecule has 1 amide bonds. The van der Waals surface area contributed by atoms with E-state index in [4.69, 9.17) is 10.5 Å². The number of cyclic esters (lactones) is 1. The molecule has 0 aliphatic carbocycles. The third-order valence-electron chi connectivity index (χ3n) is 2.57. The summed E-state index contributed by atoms with van der Waals surface area (Å²) in [6.45, 7) is 3.01. The summed E-state index contributed by atoms with van der Waals surface area (Å²) >= 11 is 0. The summed E-state index contributed by atoms with van der Waals surface area (Å²) in [7, 11) is 0. The summed E-state index contributed by atoms with van der Waals surface area (Å²) in [5, 5.41) is 0. The minimum atomic E-state index is -0.272. The molecular weight excluding hydrogens is 204 g/mol. The molecule has 1 aliphatic rings. The lowest BCUT2D eigenvalue weighted by molar-refractivity contribution is 0.132. The van der Waals surface area contributed by atoms with Gasteiger partial charge in [0, 0.05) is 12.6 Å². The minimum absolute atomic E-state index is 0.0259. The van der Waals surface area contributed by atoms with Crippen LogP contribution in [0.1, 0.15) is 18.6 Å². The van der Waals surface area contributed by atoms with Gasteiger partial charge in [0.15, 0.2) is 0 Å². The fourth-order valence-electron chi connectivity index (χ4n) is 1.85. The summed E-state index contributed by atoms with van der Waals surface area (Å²) < 4.78 is 5.29. The number of nitrogens with two attached hydrogens (primary N) is 1. The number of carbonyl (C=O) groups excluding carboxylic acids is 1. The van der Waals surface area contributed by atoms with Crippen LogP contribution < -0.4 is 5.73 Å². The number of rotatable bonds is 3. The van der Waals surface area contributed by atoms with E-state index in [-0.39, 0.29) is 18.2 Å². The largest absolute Gasteiger partial charge is 0.439 e. The van der Waals surface area contributed by atoms with Crippen molar-refractivity contribution in [3.63, 3.8) is 0 Å². The van der Waals surface area contributed by atoms with Gasteiger partial charge in [-0.05, 0) is 12.5 Å². The van der Waals surface area contributed by atoms with Gasteiger partial charge in [0.2, 0.25) is 0 Å². The van der Waals surface area contributed by atoms with E-state index in [1.165, 1.54) is 0 Å². The van der Waals surface area contributed by atoms with Crippen LogP contribution in [0.3, 0.4) is 0 Å². The van der Waals surface area contributed by atoms with Gasteiger partial charge >= 0.3 is 6.09 Å². The van der Waals surface area contributed by atoms with Gasteiger partial charge in [-0.3, -0.25) is 0 Å². The van der Waals surface area contributed by atoms with Gasteiger partial charge in [0.05, 0.1) is 6.54 Å². The Balaban J connectivity index is 2.04. The molecule has 16 heavy (non-hydrogen) atoms. The molecule has 0 bridgehead atoms. The number of benzene rings is 1. The van der Waals surface area contributed by atoms with Crippen molar-refractivity contribution in [1.29, 1.82) is 0 Å². The van der Waals surface area contributed by atoms with Crippen LogP contribution in [0.25, 0.3) is 0 Å². The Bertz CT molecular complexity index is 365. The van der Waals surface area contributed by atoms with Crippen molar-refractivity contribution < 1.29 is 9.53 Å². The Hall–Kier alpha value is -1.55. The molecule has 0 saturated carbocycles. The predicted octanol–water partition coefficient (Wildman–Crippen LogP) is 1.53. The zero-order valence-electron chi connectivity index (χ0n) is 9.30. The lowest BCUT2D eigenvalue weighted by Crippen LogP contribution is -2.36. The van der Waals surface area contributed by atoms with E-state index in [1.54, 1.807) is 4.90 Å². The van der Waals surface area contributed by atoms with E-state index in [2.05, 4.69) is 0 Å². The van der Waals surface area contributed by atoms with Crippen molar-refractivity contribution in [2.24, 2.45) is 5.73 Å². The standard InChI is InChI=1S/C12H16N2O2/c1-9(13)7-14-8-11(16-12(14)15)10-5-3-2-4-6-10/h2-6,9,11H,7-8,13H2,1H3. The first kappa shape index (κ1) is 11.0. The van der Waals surface area contributed by atoms with E-state index in [0.29, 0.717) is 13.1 Å². The molecule has 1 saturated heterocycles. The van der Waals surface area contributed by atoms with Crippen LogP contribution in [-0.4, -0.2) is 30.1 Å². The fraction of sp³-hybridized carbons (Fsp3) is 0.417. The number of ether oxygens (including phenoxy) is 1. The zero-order chi connectivity index (χ0) is 11.5. The van der Waals surface area contributed by atoms with Crippen LogP contribution in [0.15, 0.2) is 30.3 Å². The summed E-state index contributed by atoms with van der Waals surface area (Å²) in [4.78, 5) is 13.2. The second kappa shape index (κ2) is 4.53. The first-order valence-corrected chi connectivity index (χ1v) is 5.43. The highest BCUT2D eigenvalue weighted by molar-refractivity contribution is 5.70. The van der Waals surface area contributed by atoms with Crippen molar-refractivity contribution in [3.8, 4) is 0 Å². The lowest BCUT2D eigenvalue weighted by Gasteiger charge is -2.14. The van der Waals surface area contributed by atoms with Crippen LogP contribution in [0, 0.1) is 0 Å². The summed E-state index contributed by atoms with van der Waals surface area (Å²) in [5.41, 5.74) is 6.70. The third kappa shape index (κ3) is 2.33. The highest BCUT2D eigenvalue weighted by Gasteiger charge is 2.32. The first-order chi connectivity index (χ1) is 7.66. The van der Waals surface area contributed by atoms with Crippen molar-refractivity contribution in [1.82, 2.24) is 4.90 Å². The Morgan fingerprint density at radius 2 is 2.19 bits per heavy atom. The number of amides is 1. The van der Waals surface area contributed by atoms with E-state index in [1.807, 2.05) is 37.3 Å². The second-order valence-electron chi connectivity index (χ2n) is 4.17. The van der Waals surface area contributed by atoms with E-state index in [9.17, 15) is 4.79 Å². The van der Waals surface area contributed by atoms with E-state index >= 15 is 0 Å². The Morgan fingerprint density at radius 1 is 1.50 bits per heavy atom. The smallest absolute Gasteiger partial charge is 0.410 e. The molecule has 1 aromatic rings. The van der Waals surface area contributed by atoms with Crippen molar-refractivity contribution in [2.75, 3.05) is 13.1 Å². The highest BCUT2D eigenvalue weighted by Crippen LogP contribution is 2.25. The Morgan fingerprint density at radius 3 is 2.81 bits per heavy atom. The molecule has 2 unspecified atom stereocenters. The molecule has 1 aromatic carbocycles. The fourth-order valence-corrected chi connectivity index (χ4v) is 1.85. The average Bonchev–Trinajstić information content (AvgIpc) is 2.61. The van der Waals surface area contributed by atoms with Gasteiger partial charge in [-0.15, -0.1) is 0 Å². The van der Waals surface area contributed by atoms with Gasteiger partial charge in [0.1, 0.15) is 6.10 Å². The normalized spacial score (nSPS) is 22.0. The third-order valence-corrected chi connectivity index (χ3v) is 2.57. The topological polar surface area (TPSA) is 55.6 Å². The minimum Gasteiger partial charge on any atom is -0.439 e. The Kier molecular flexibility index (Phi) is 3.10. The highest BCUT2D eigenvalue weighted by atomic mass is 16.6. The van der Waals surface area contributed by atoms with Crippen molar-refractivity contribution in [3.05, 3.63) is 35.9 Å². The molecule has 0 radical (unpaired) electrons. The number of carbonyl (C=O) groups is 1. The maximum Gasteiger partial charge on any atom is 0.410 e. The Labute approximate surface area is 95.0 Å². The van der Waals surface area contributed by atoms with E-state index < -0.39 is 0 Å². The quantitative estimate of drug-likeness (QED) is 0.840. The lowest BCUT2D eigenvalue weighted by atomic mass is 10.1. The van der Waals surface area contributed by atoms with Crippen LogP contribution >= 0.6 is 0 Å². The molecule has 86 valence electrons. The van der Waals surface area contributed by atoms with Crippen LogP contribution in [0.2, 0.25) is 0 Å². The molecule has 2 atom stereocenters. The maximum absolute atomic E-state index is 11.5. The SMILES string of the molecule is CC(N)CN1CC(c2ccccc2)OC1=O. The predicted molar refractivity (Wildman–Crippen MR) is 60.9 cm³/mol. The van der Waals surface area contributed by atoms with Gasteiger partial charge in [-0.25, -0.2) is 4.79 Å². The van der Waals surface area contributed by atoms with Crippen molar-refractivity contribution >= 4 is 6.09 Å². The molecule has 4 heteroatoms. The molecular formula is C12H16N2O2. The number of hydrogen-bond acceptors (Lipinski definition) is 3. The van der Waals surface area contributed by atoms with Crippen molar-refractivity contribution in [2.45, 2.75) is 19.1 Å². The summed E-state index contributed by atoms with van der Waals surface area (Å²) in [5.74, 6) is 0. The van der Waals surface area contributed by atoms with Crippen LogP contribution in [0.5, 0.6) is 0 Å². The molecule has 0 aromatic heterocycles. The maximum atomic E-state index is 11.5. The average molecular weight is 220 g/mol. The molecule has 1 aliphatic heterocycles. The second-order valence-corrected chi connectivity index (χ2v) is 4.17. The van der Waals surface area contributed by atoms with Gasteiger partial charge < -0.3 is 15.4 Å². The molecule has 4 nitrogen and oxygen atoms in total. The molecule has 2 N–H and O–H groups in total. The van der Waals surface area contributed by atoms with E-state index in [0.717, 1.165) is 5.56 Å². The van der Waals surface area contributed by atoms with Crippen LogP contribution in [-0.2, 0) is 4.74 Å². The monoisotopic (exact) mass is 220 g/mol. The van der Waals surface area contributed by atoms with Gasteiger partial charge in [-0.1, -0.05) is 30.3 Å². The van der Waals surface area contributed by atoms with Crippen LogP contribution in [0.4, 0.5) is 4.79 Å². The molecule has 0 spiro atoms.